The summed E-state index contributed by atoms with van der Waals surface area (Å²) in [5.74, 6) is -0.185. The lowest BCUT2D eigenvalue weighted by Gasteiger charge is -2.36. The van der Waals surface area contributed by atoms with Gasteiger partial charge in [0.25, 0.3) is 17.4 Å². The number of likely N-dealkylation sites (N-methyl/N-ethyl adjacent to an activating group) is 1. The van der Waals surface area contributed by atoms with Gasteiger partial charge in [-0.25, -0.2) is 4.98 Å². The molecule has 0 fully saturated rings. The number of nitrogens with one attached hydrogen (secondary N) is 1. The van der Waals surface area contributed by atoms with Gasteiger partial charge in [0.15, 0.2) is 11.6 Å². The Balaban J connectivity index is 1.90. The number of anilines is 2. The molecule has 6 heteroatoms. The molecule has 1 aromatic carbocycles. The van der Waals surface area contributed by atoms with Crippen molar-refractivity contribution in [3.8, 4) is 5.75 Å². The molecule has 2 aromatic rings. The van der Waals surface area contributed by atoms with Gasteiger partial charge in [0.2, 0.25) is 0 Å². The lowest BCUT2D eigenvalue weighted by molar-refractivity contribution is -0.145. The van der Waals surface area contributed by atoms with Crippen molar-refractivity contribution in [1.82, 2.24) is 4.98 Å². The molecule has 0 unspecified atom stereocenters. The number of fused-ring (bicyclic) bond motifs is 1. The molecular formula is C17H17N3O3. The SMILES string of the molecule is Cc1ccc(NC(=O)[C@@]2(C)Oc3cccnc3N(C)C2=O)cc1. The summed E-state index contributed by atoms with van der Waals surface area (Å²) < 4.78 is 5.69. The molecule has 0 radical (unpaired) electrons. The van der Waals surface area contributed by atoms with E-state index >= 15 is 0 Å². The quantitative estimate of drug-likeness (QED) is 0.863. The first-order chi connectivity index (χ1) is 10.9. The Morgan fingerprint density at radius 1 is 1.26 bits per heavy atom. The fourth-order valence-electron chi connectivity index (χ4n) is 2.42. The van der Waals surface area contributed by atoms with Crippen LogP contribution in [0.4, 0.5) is 11.5 Å². The van der Waals surface area contributed by atoms with Crippen molar-refractivity contribution in [2.24, 2.45) is 0 Å². The van der Waals surface area contributed by atoms with Gasteiger partial charge in [-0.05, 0) is 38.1 Å². The molecule has 1 aromatic heterocycles. The molecule has 0 spiro atoms. The predicted octanol–water partition coefficient (Wildman–Crippen LogP) is 2.14. The highest BCUT2D eigenvalue weighted by molar-refractivity contribution is 6.19. The fraction of sp³-hybridized carbons (Fsp3) is 0.235. The molecule has 0 bridgehead atoms. The molecule has 0 saturated heterocycles. The summed E-state index contributed by atoms with van der Waals surface area (Å²) in [6.07, 6.45) is 1.57. The van der Waals surface area contributed by atoms with Gasteiger partial charge in [0.05, 0.1) is 0 Å². The Morgan fingerprint density at radius 2 is 1.96 bits per heavy atom. The number of carbonyl (C=O) groups excluding carboxylic acids is 2. The molecule has 0 aliphatic carbocycles. The Hall–Kier alpha value is -2.89. The standard InChI is InChI=1S/C17H17N3O3/c1-11-6-8-12(9-7-11)19-15(21)17(2)16(22)20(3)14-13(23-17)5-4-10-18-14/h4-10H,1-3H3,(H,19,21)/t17-/m1/s1. The summed E-state index contributed by atoms with van der Waals surface area (Å²) in [4.78, 5) is 30.7. The number of ether oxygens (including phenoxy) is 1. The maximum atomic E-state index is 12.6. The van der Waals surface area contributed by atoms with Gasteiger partial charge >= 0.3 is 0 Å². The van der Waals surface area contributed by atoms with Crippen LogP contribution in [0.15, 0.2) is 42.6 Å². The molecule has 2 amide bonds. The average Bonchev–Trinajstić information content (AvgIpc) is 2.55. The first kappa shape index (κ1) is 15.0. The summed E-state index contributed by atoms with van der Waals surface area (Å²) in [6, 6.07) is 10.7. The van der Waals surface area contributed by atoms with E-state index in [0.29, 0.717) is 17.3 Å². The smallest absolute Gasteiger partial charge is 0.281 e. The van der Waals surface area contributed by atoms with E-state index in [-0.39, 0.29) is 0 Å². The van der Waals surface area contributed by atoms with Crippen molar-refractivity contribution in [3.63, 3.8) is 0 Å². The third kappa shape index (κ3) is 2.52. The van der Waals surface area contributed by atoms with Crippen LogP contribution in [0.1, 0.15) is 12.5 Å². The molecule has 3 rings (SSSR count). The molecule has 118 valence electrons. The maximum absolute atomic E-state index is 12.6. The number of carbonyl (C=O) groups is 2. The molecule has 6 nitrogen and oxygen atoms in total. The zero-order valence-corrected chi connectivity index (χ0v) is 13.2. The van der Waals surface area contributed by atoms with Crippen molar-refractivity contribution in [1.29, 1.82) is 0 Å². The van der Waals surface area contributed by atoms with Crippen molar-refractivity contribution in [2.45, 2.75) is 19.4 Å². The minimum Gasteiger partial charge on any atom is -0.464 e. The van der Waals surface area contributed by atoms with Crippen molar-refractivity contribution in [3.05, 3.63) is 48.2 Å². The van der Waals surface area contributed by atoms with E-state index in [9.17, 15) is 9.59 Å². The fourth-order valence-corrected chi connectivity index (χ4v) is 2.42. The highest BCUT2D eigenvalue weighted by Crippen LogP contribution is 2.35. The van der Waals surface area contributed by atoms with Gasteiger partial charge in [-0.2, -0.15) is 0 Å². The molecule has 1 N–H and O–H groups in total. The van der Waals surface area contributed by atoms with E-state index in [0.717, 1.165) is 5.56 Å². The first-order valence-electron chi connectivity index (χ1n) is 7.22. The number of amides is 2. The number of aromatic nitrogens is 1. The van der Waals surface area contributed by atoms with E-state index in [4.69, 9.17) is 4.74 Å². The number of hydrogen-bond donors (Lipinski definition) is 1. The molecule has 1 aliphatic rings. The van der Waals surface area contributed by atoms with Gasteiger partial charge in [-0.15, -0.1) is 0 Å². The highest BCUT2D eigenvalue weighted by Gasteiger charge is 2.50. The molecule has 1 aliphatic heterocycles. The van der Waals surface area contributed by atoms with Gasteiger partial charge < -0.3 is 10.1 Å². The monoisotopic (exact) mass is 311 g/mol. The van der Waals surface area contributed by atoms with Crippen LogP contribution in [-0.2, 0) is 9.59 Å². The summed E-state index contributed by atoms with van der Waals surface area (Å²) in [6.45, 7) is 3.42. The number of rotatable bonds is 2. The third-order valence-corrected chi connectivity index (χ3v) is 3.84. The van der Waals surface area contributed by atoms with Crippen molar-refractivity contribution in [2.75, 3.05) is 17.3 Å². The van der Waals surface area contributed by atoms with E-state index in [1.807, 2.05) is 19.1 Å². The summed E-state index contributed by atoms with van der Waals surface area (Å²) in [5.41, 5.74) is 0.0483. The van der Waals surface area contributed by atoms with Crippen molar-refractivity contribution >= 4 is 23.3 Å². The first-order valence-corrected chi connectivity index (χ1v) is 7.22. The van der Waals surface area contributed by atoms with Crippen LogP contribution in [0.25, 0.3) is 0 Å². The van der Waals surface area contributed by atoms with Gasteiger partial charge in [-0.1, -0.05) is 17.7 Å². The molecule has 2 heterocycles. The van der Waals surface area contributed by atoms with Crippen LogP contribution in [0.3, 0.4) is 0 Å². The number of nitrogens with zero attached hydrogens (tertiary/aromatic N) is 2. The lowest BCUT2D eigenvalue weighted by atomic mass is 10.0. The number of aryl methyl sites for hydroxylation is 1. The van der Waals surface area contributed by atoms with Crippen LogP contribution >= 0.6 is 0 Å². The molecular weight excluding hydrogens is 294 g/mol. The van der Waals surface area contributed by atoms with Crippen LogP contribution in [0.5, 0.6) is 5.75 Å². The van der Waals surface area contributed by atoms with Gasteiger partial charge in [-0.3, -0.25) is 14.5 Å². The molecule has 1 atom stereocenters. The third-order valence-electron chi connectivity index (χ3n) is 3.84. The Bertz CT molecular complexity index is 773. The Kier molecular flexibility index (Phi) is 3.52. The van der Waals surface area contributed by atoms with Crippen LogP contribution in [0.2, 0.25) is 0 Å². The largest absolute Gasteiger partial charge is 0.464 e. The minimum absolute atomic E-state index is 0.399. The van der Waals surface area contributed by atoms with Gasteiger partial charge in [0, 0.05) is 18.9 Å². The van der Waals surface area contributed by atoms with E-state index in [1.165, 1.54) is 11.8 Å². The van der Waals surface area contributed by atoms with E-state index < -0.39 is 17.4 Å². The zero-order chi connectivity index (χ0) is 16.6. The summed E-state index contributed by atoms with van der Waals surface area (Å²) in [5, 5.41) is 2.73. The molecule has 0 saturated carbocycles. The minimum atomic E-state index is -1.64. The average molecular weight is 311 g/mol. The molecule has 23 heavy (non-hydrogen) atoms. The number of pyridine rings is 1. The Labute approximate surface area is 134 Å². The van der Waals surface area contributed by atoms with Crippen LogP contribution in [0, 0.1) is 6.92 Å². The highest BCUT2D eigenvalue weighted by atomic mass is 16.5. The van der Waals surface area contributed by atoms with Gasteiger partial charge in [0.1, 0.15) is 0 Å². The van der Waals surface area contributed by atoms with E-state index in [2.05, 4.69) is 10.3 Å². The van der Waals surface area contributed by atoms with Crippen LogP contribution < -0.4 is 15.0 Å². The number of benzene rings is 1. The van der Waals surface area contributed by atoms with Crippen molar-refractivity contribution < 1.29 is 14.3 Å². The zero-order valence-electron chi connectivity index (χ0n) is 13.2. The topological polar surface area (TPSA) is 71.5 Å². The Morgan fingerprint density at radius 3 is 2.65 bits per heavy atom. The summed E-state index contributed by atoms with van der Waals surface area (Å²) >= 11 is 0. The second-order valence-electron chi connectivity index (χ2n) is 5.64. The number of hydrogen-bond acceptors (Lipinski definition) is 4. The second kappa shape index (κ2) is 5.39. The lowest BCUT2D eigenvalue weighted by Crippen LogP contribution is -2.60. The van der Waals surface area contributed by atoms with Crippen LogP contribution in [-0.4, -0.2) is 29.4 Å². The van der Waals surface area contributed by atoms with E-state index in [1.54, 1.807) is 37.5 Å². The normalized spacial score (nSPS) is 19.8. The second-order valence-corrected chi connectivity index (χ2v) is 5.64. The summed E-state index contributed by atoms with van der Waals surface area (Å²) in [7, 11) is 1.58. The predicted molar refractivity (Wildman–Crippen MR) is 86.5 cm³/mol. The maximum Gasteiger partial charge on any atom is 0.281 e.